The fraction of sp³-hybridized carbons (Fsp3) is 0.235. The van der Waals surface area contributed by atoms with E-state index in [-0.39, 0.29) is 11.5 Å². The van der Waals surface area contributed by atoms with Gasteiger partial charge in [-0.2, -0.15) is 0 Å². The fourth-order valence-corrected chi connectivity index (χ4v) is 2.17. The molecule has 0 aliphatic rings. The van der Waals surface area contributed by atoms with Crippen LogP contribution in [-0.4, -0.2) is 21.6 Å². The maximum absolute atomic E-state index is 11.4. The van der Waals surface area contributed by atoms with Gasteiger partial charge in [-0.05, 0) is 56.2 Å². The number of carbonyl (C=O) groups excluding carboxylic acids is 1. The summed E-state index contributed by atoms with van der Waals surface area (Å²) in [4.78, 5) is 20.3. The van der Waals surface area contributed by atoms with Crippen molar-refractivity contribution in [2.24, 2.45) is 4.99 Å². The minimum Gasteiger partial charge on any atom is -0.508 e. The van der Waals surface area contributed by atoms with Crippen molar-refractivity contribution in [3.05, 3.63) is 52.8 Å². The molecule has 1 aromatic carbocycles. The van der Waals surface area contributed by atoms with Gasteiger partial charge in [0.2, 0.25) is 0 Å². The van der Waals surface area contributed by atoms with Gasteiger partial charge in [-0.15, -0.1) is 0 Å². The van der Waals surface area contributed by atoms with Gasteiger partial charge in [-0.3, -0.25) is 9.79 Å². The van der Waals surface area contributed by atoms with Crippen LogP contribution in [0.4, 0.5) is 5.69 Å². The SMILES string of the molecule is CC(=O)c1cccc(/C(C)=N/c2c(C)cc(O)cc2C)n1. The normalized spacial score (nSPS) is 11.5. The Morgan fingerprint density at radius 2 is 1.67 bits per heavy atom. The maximum atomic E-state index is 11.4. The van der Waals surface area contributed by atoms with Crippen LogP contribution in [0.1, 0.15) is 41.2 Å². The van der Waals surface area contributed by atoms with Crippen molar-refractivity contribution in [2.75, 3.05) is 0 Å². The number of benzene rings is 1. The number of phenolic OH excluding ortho intramolecular Hbond substituents is 1. The van der Waals surface area contributed by atoms with Crippen LogP contribution in [0.3, 0.4) is 0 Å². The summed E-state index contributed by atoms with van der Waals surface area (Å²) in [5, 5.41) is 9.57. The average Bonchev–Trinajstić information content (AvgIpc) is 2.42. The number of aliphatic imine (C=N–C) groups is 1. The van der Waals surface area contributed by atoms with Crippen molar-refractivity contribution in [2.45, 2.75) is 27.7 Å². The molecule has 0 aliphatic heterocycles. The molecule has 4 heteroatoms. The van der Waals surface area contributed by atoms with Crippen molar-refractivity contribution in [1.82, 2.24) is 4.98 Å². The number of hydrogen-bond acceptors (Lipinski definition) is 4. The molecule has 1 heterocycles. The molecule has 0 spiro atoms. The van der Waals surface area contributed by atoms with Crippen LogP contribution in [0.5, 0.6) is 5.75 Å². The Bertz CT molecular complexity index is 710. The highest BCUT2D eigenvalue weighted by Crippen LogP contribution is 2.28. The summed E-state index contributed by atoms with van der Waals surface area (Å²) < 4.78 is 0. The van der Waals surface area contributed by atoms with E-state index >= 15 is 0 Å². The number of aromatic hydroxyl groups is 1. The van der Waals surface area contributed by atoms with Gasteiger partial charge in [-0.1, -0.05) is 6.07 Å². The molecule has 0 saturated carbocycles. The Labute approximate surface area is 124 Å². The number of nitrogens with zero attached hydrogens (tertiary/aromatic N) is 2. The molecule has 108 valence electrons. The number of pyridine rings is 1. The summed E-state index contributed by atoms with van der Waals surface area (Å²) >= 11 is 0. The first-order chi connectivity index (χ1) is 9.88. The molecule has 0 unspecified atom stereocenters. The van der Waals surface area contributed by atoms with Gasteiger partial charge in [0.15, 0.2) is 5.78 Å². The molecule has 0 atom stereocenters. The topological polar surface area (TPSA) is 62.5 Å². The second-order valence-electron chi connectivity index (χ2n) is 5.09. The first-order valence-electron chi connectivity index (χ1n) is 6.72. The monoisotopic (exact) mass is 282 g/mol. The number of rotatable bonds is 3. The Kier molecular flexibility index (Phi) is 4.17. The van der Waals surface area contributed by atoms with E-state index < -0.39 is 0 Å². The zero-order valence-electron chi connectivity index (χ0n) is 12.6. The summed E-state index contributed by atoms with van der Waals surface area (Å²) in [7, 11) is 0. The summed E-state index contributed by atoms with van der Waals surface area (Å²) in [5.74, 6) is 0.167. The van der Waals surface area contributed by atoms with E-state index in [0.717, 1.165) is 22.5 Å². The number of aryl methyl sites for hydroxylation is 2. The lowest BCUT2D eigenvalue weighted by Crippen LogP contribution is -2.04. The lowest BCUT2D eigenvalue weighted by atomic mass is 10.1. The third-order valence-electron chi connectivity index (χ3n) is 3.24. The molecule has 2 rings (SSSR count). The number of hydrogen-bond donors (Lipinski definition) is 1. The molecule has 1 N–H and O–H groups in total. The van der Waals surface area contributed by atoms with E-state index in [2.05, 4.69) is 9.98 Å². The minimum atomic E-state index is -0.0679. The Morgan fingerprint density at radius 1 is 1.10 bits per heavy atom. The molecule has 0 saturated heterocycles. The van der Waals surface area contributed by atoms with E-state index in [4.69, 9.17) is 0 Å². The second-order valence-corrected chi connectivity index (χ2v) is 5.09. The number of ketones is 1. The van der Waals surface area contributed by atoms with Gasteiger partial charge in [0.25, 0.3) is 0 Å². The summed E-state index contributed by atoms with van der Waals surface area (Å²) in [6.45, 7) is 7.15. The molecule has 0 radical (unpaired) electrons. The van der Waals surface area contributed by atoms with Crippen molar-refractivity contribution in [3.63, 3.8) is 0 Å². The second kappa shape index (κ2) is 5.87. The van der Waals surface area contributed by atoms with E-state index in [9.17, 15) is 9.90 Å². The molecular weight excluding hydrogens is 264 g/mol. The van der Waals surface area contributed by atoms with Gasteiger partial charge >= 0.3 is 0 Å². The van der Waals surface area contributed by atoms with Crippen LogP contribution >= 0.6 is 0 Å². The summed E-state index contributed by atoms with van der Waals surface area (Å²) in [6, 6.07) is 8.68. The van der Waals surface area contributed by atoms with Crippen LogP contribution in [-0.2, 0) is 0 Å². The lowest BCUT2D eigenvalue weighted by molar-refractivity contribution is 0.101. The highest BCUT2D eigenvalue weighted by Gasteiger charge is 2.08. The quantitative estimate of drug-likeness (QED) is 0.689. The van der Waals surface area contributed by atoms with Crippen molar-refractivity contribution >= 4 is 17.2 Å². The van der Waals surface area contributed by atoms with Crippen LogP contribution in [0, 0.1) is 13.8 Å². The Balaban J connectivity index is 2.47. The summed E-state index contributed by atoms with van der Waals surface area (Å²) in [6.07, 6.45) is 0. The van der Waals surface area contributed by atoms with E-state index in [1.54, 1.807) is 24.3 Å². The van der Waals surface area contributed by atoms with Crippen LogP contribution in [0.2, 0.25) is 0 Å². The molecule has 4 nitrogen and oxygen atoms in total. The third-order valence-corrected chi connectivity index (χ3v) is 3.24. The minimum absolute atomic E-state index is 0.0679. The van der Waals surface area contributed by atoms with Crippen LogP contribution < -0.4 is 0 Å². The van der Waals surface area contributed by atoms with Crippen molar-refractivity contribution in [3.8, 4) is 5.75 Å². The number of carbonyl (C=O) groups is 1. The van der Waals surface area contributed by atoms with Gasteiger partial charge in [0, 0.05) is 6.92 Å². The number of Topliss-reactive ketones (excluding diaryl/α,β-unsaturated/α-hetero) is 1. The molecule has 21 heavy (non-hydrogen) atoms. The maximum Gasteiger partial charge on any atom is 0.178 e. The van der Waals surface area contributed by atoms with Crippen molar-refractivity contribution < 1.29 is 9.90 Å². The molecule has 0 amide bonds. The van der Waals surface area contributed by atoms with E-state index in [1.165, 1.54) is 6.92 Å². The molecule has 0 bridgehead atoms. The highest BCUT2D eigenvalue weighted by atomic mass is 16.3. The smallest absolute Gasteiger partial charge is 0.178 e. The Hall–Kier alpha value is -2.49. The fourth-order valence-electron chi connectivity index (χ4n) is 2.17. The van der Waals surface area contributed by atoms with E-state index in [1.807, 2.05) is 26.8 Å². The zero-order chi connectivity index (χ0) is 15.6. The predicted molar refractivity (Wildman–Crippen MR) is 83.7 cm³/mol. The first kappa shape index (κ1) is 14.9. The number of aromatic nitrogens is 1. The third kappa shape index (κ3) is 3.34. The van der Waals surface area contributed by atoms with E-state index in [0.29, 0.717) is 11.4 Å². The van der Waals surface area contributed by atoms with Gasteiger partial charge in [0.05, 0.1) is 17.1 Å². The lowest BCUT2D eigenvalue weighted by Gasteiger charge is -2.08. The largest absolute Gasteiger partial charge is 0.508 e. The van der Waals surface area contributed by atoms with Crippen LogP contribution in [0.25, 0.3) is 0 Å². The zero-order valence-corrected chi connectivity index (χ0v) is 12.6. The highest BCUT2D eigenvalue weighted by molar-refractivity contribution is 6.00. The molecule has 0 fully saturated rings. The molecule has 2 aromatic rings. The standard InChI is InChI=1S/C17H18N2O2/c1-10-8-14(21)9-11(2)17(10)18-12(3)15-6-5-7-16(19-15)13(4)20/h5-9,21H,1-4H3/b18-12+. The molecular formula is C17H18N2O2. The van der Waals surface area contributed by atoms with Gasteiger partial charge in [-0.25, -0.2) is 4.98 Å². The summed E-state index contributed by atoms with van der Waals surface area (Å²) in [5.41, 5.74) is 4.45. The van der Waals surface area contributed by atoms with Crippen molar-refractivity contribution in [1.29, 1.82) is 0 Å². The van der Waals surface area contributed by atoms with Gasteiger partial charge < -0.3 is 5.11 Å². The molecule has 0 aliphatic carbocycles. The Morgan fingerprint density at radius 3 is 2.24 bits per heavy atom. The predicted octanol–water partition coefficient (Wildman–Crippen LogP) is 3.75. The molecule has 1 aromatic heterocycles. The first-order valence-corrected chi connectivity index (χ1v) is 6.72. The van der Waals surface area contributed by atoms with Gasteiger partial charge in [0.1, 0.15) is 11.4 Å². The number of phenols is 1. The average molecular weight is 282 g/mol. The van der Waals surface area contributed by atoms with Crippen LogP contribution in [0.15, 0.2) is 35.3 Å².